The Hall–Kier alpha value is -1.99. The lowest BCUT2D eigenvalue weighted by Crippen LogP contribution is -2.23. The van der Waals surface area contributed by atoms with E-state index in [2.05, 4.69) is 21.2 Å². The Morgan fingerprint density at radius 1 is 1.42 bits per heavy atom. The third-order valence-corrected chi connectivity index (χ3v) is 4.01. The molecule has 24 heavy (non-hydrogen) atoms. The summed E-state index contributed by atoms with van der Waals surface area (Å²) in [6.45, 7) is 3.37. The molecule has 2 N–H and O–H groups in total. The number of anilines is 1. The molecule has 0 saturated heterocycles. The van der Waals surface area contributed by atoms with Crippen LogP contribution in [0, 0.1) is 6.92 Å². The van der Waals surface area contributed by atoms with Crippen molar-refractivity contribution in [3.8, 4) is 0 Å². The minimum atomic E-state index is -1.13. The minimum Gasteiger partial charge on any atom is -0.478 e. The van der Waals surface area contributed by atoms with E-state index < -0.39 is 18.0 Å². The third kappa shape index (κ3) is 4.10. The quantitative estimate of drug-likeness (QED) is 0.678. The lowest BCUT2D eigenvalue weighted by Gasteiger charge is -2.17. The molecule has 0 saturated carbocycles. The van der Waals surface area contributed by atoms with E-state index in [0.29, 0.717) is 10.7 Å². The SMILES string of the molecule is CCOC(=O)C(Nc1ccc(Br)cc1Cl)c1cc(C(=O)O)c(C)o1. The molecule has 1 unspecified atom stereocenters. The zero-order valence-corrected chi connectivity index (χ0v) is 15.3. The van der Waals surface area contributed by atoms with Crippen molar-refractivity contribution in [3.05, 3.63) is 50.8 Å². The molecule has 2 rings (SSSR count). The van der Waals surface area contributed by atoms with Gasteiger partial charge in [-0.25, -0.2) is 9.59 Å². The Morgan fingerprint density at radius 3 is 2.67 bits per heavy atom. The number of ether oxygens (including phenoxy) is 1. The van der Waals surface area contributed by atoms with E-state index in [-0.39, 0.29) is 23.7 Å². The van der Waals surface area contributed by atoms with Crippen LogP contribution in [0.4, 0.5) is 5.69 Å². The number of esters is 1. The number of rotatable bonds is 6. The lowest BCUT2D eigenvalue weighted by molar-refractivity contribution is -0.144. The Bertz CT molecular complexity index is 774. The first kappa shape index (κ1) is 18.4. The number of furan rings is 1. The van der Waals surface area contributed by atoms with Crippen molar-refractivity contribution in [2.75, 3.05) is 11.9 Å². The molecule has 2 aromatic rings. The van der Waals surface area contributed by atoms with Crippen LogP contribution in [0.15, 0.2) is 33.2 Å². The van der Waals surface area contributed by atoms with Crippen LogP contribution in [0.25, 0.3) is 0 Å². The number of carbonyl (C=O) groups excluding carboxylic acids is 1. The number of aryl methyl sites for hydroxylation is 1. The summed E-state index contributed by atoms with van der Waals surface area (Å²) in [5.41, 5.74) is 0.479. The molecule has 0 spiro atoms. The highest BCUT2D eigenvalue weighted by Crippen LogP contribution is 2.31. The summed E-state index contributed by atoms with van der Waals surface area (Å²) in [5.74, 6) is -1.38. The molecular formula is C16H15BrClNO5. The molecule has 8 heteroatoms. The van der Waals surface area contributed by atoms with Gasteiger partial charge in [0.1, 0.15) is 17.1 Å². The second-order valence-electron chi connectivity index (χ2n) is 4.88. The predicted molar refractivity (Wildman–Crippen MR) is 92.6 cm³/mol. The molecule has 1 aromatic carbocycles. The summed E-state index contributed by atoms with van der Waals surface area (Å²) in [5, 5.41) is 12.5. The Balaban J connectivity index is 2.39. The van der Waals surface area contributed by atoms with E-state index in [1.807, 2.05) is 0 Å². The summed E-state index contributed by atoms with van der Waals surface area (Å²) in [7, 11) is 0. The third-order valence-electron chi connectivity index (χ3n) is 3.21. The highest BCUT2D eigenvalue weighted by Gasteiger charge is 2.28. The van der Waals surface area contributed by atoms with E-state index in [4.69, 9.17) is 25.9 Å². The number of aromatic carboxylic acids is 1. The molecule has 0 aliphatic carbocycles. The molecule has 1 heterocycles. The van der Waals surface area contributed by atoms with Gasteiger partial charge >= 0.3 is 11.9 Å². The molecule has 0 aliphatic rings. The lowest BCUT2D eigenvalue weighted by atomic mass is 10.1. The van der Waals surface area contributed by atoms with Crippen LogP contribution < -0.4 is 5.32 Å². The molecule has 0 radical (unpaired) electrons. The van der Waals surface area contributed by atoms with Gasteiger partial charge in [0.15, 0.2) is 6.04 Å². The number of nitrogens with one attached hydrogen (secondary N) is 1. The maximum Gasteiger partial charge on any atom is 0.339 e. The summed E-state index contributed by atoms with van der Waals surface area (Å²) in [4.78, 5) is 23.5. The zero-order valence-electron chi connectivity index (χ0n) is 12.9. The molecule has 6 nitrogen and oxygen atoms in total. The van der Waals surface area contributed by atoms with Gasteiger partial charge in [0, 0.05) is 4.47 Å². The van der Waals surface area contributed by atoms with Crippen LogP contribution in [-0.2, 0) is 9.53 Å². The van der Waals surface area contributed by atoms with Gasteiger partial charge in [-0.2, -0.15) is 0 Å². The van der Waals surface area contributed by atoms with E-state index in [0.717, 1.165) is 4.47 Å². The van der Waals surface area contributed by atoms with Gasteiger partial charge in [-0.05, 0) is 38.1 Å². The molecule has 0 bridgehead atoms. The highest BCUT2D eigenvalue weighted by molar-refractivity contribution is 9.10. The molecule has 0 amide bonds. The number of carboxylic acids is 1. The van der Waals surface area contributed by atoms with Gasteiger partial charge in [-0.3, -0.25) is 0 Å². The zero-order chi connectivity index (χ0) is 17.9. The average Bonchev–Trinajstić information content (AvgIpc) is 2.88. The highest BCUT2D eigenvalue weighted by atomic mass is 79.9. The summed E-state index contributed by atoms with van der Waals surface area (Å²) in [6, 6.07) is 5.40. The maximum atomic E-state index is 12.3. The van der Waals surface area contributed by atoms with Crippen molar-refractivity contribution in [1.29, 1.82) is 0 Å². The first-order chi connectivity index (χ1) is 11.3. The van der Waals surface area contributed by atoms with Gasteiger partial charge in [0.2, 0.25) is 0 Å². The van der Waals surface area contributed by atoms with E-state index >= 15 is 0 Å². The monoisotopic (exact) mass is 415 g/mol. The molecule has 128 valence electrons. The minimum absolute atomic E-state index is 0.0111. The summed E-state index contributed by atoms with van der Waals surface area (Å²) < 4.78 is 11.3. The largest absolute Gasteiger partial charge is 0.478 e. The predicted octanol–water partition coefficient (Wildman–Crippen LogP) is 4.42. The van der Waals surface area contributed by atoms with Crippen molar-refractivity contribution >= 4 is 45.2 Å². The number of carboxylic acid groups (broad SMARTS) is 1. The second-order valence-corrected chi connectivity index (χ2v) is 6.20. The first-order valence-electron chi connectivity index (χ1n) is 7.05. The first-order valence-corrected chi connectivity index (χ1v) is 8.22. The van der Waals surface area contributed by atoms with E-state index in [1.165, 1.54) is 13.0 Å². The molecular weight excluding hydrogens is 402 g/mol. The average molecular weight is 417 g/mol. The number of hydrogen-bond donors (Lipinski definition) is 2. The molecule has 1 aromatic heterocycles. The molecule has 1 atom stereocenters. The van der Waals surface area contributed by atoms with Crippen LogP contribution in [0.3, 0.4) is 0 Å². The van der Waals surface area contributed by atoms with Gasteiger partial charge < -0.3 is 19.6 Å². The standard InChI is InChI=1S/C16H15BrClNO5/c1-3-23-16(22)14(13-7-10(15(20)21)8(2)24-13)19-12-5-4-9(17)6-11(12)18/h4-7,14,19H,3H2,1-2H3,(H,20,21). The van der Waals surface area contributed by atoms with Crippen molar-refractivity contribution in [1.82, 2.24) is 0 Å². The Labute approximate surface area is 151 Å². The van der Waals surface area contributed by atoms with Gasteiger partial charge in [0.25, 0.3) is 0 Å². The van der Waals surface area contributed by atoms with Gasteiger partial charge in [-0.1, -0.05) is 27.5 Å². The Kier molecular flexibility index (Phi) is 5.90. The van der Waals surface area contributed by atoms with Crippen molar-refractivity contribution in [2.45, 2.75) is 19.9 Å². The van der Waals surface area contributed by atoms with E-state index in [9.17, 15) is 9.59 Å². The summed E-state index contributed by atoms with van der Waals surface area (Å²) >= 11 is 9.46. The number of hydrogen-bond acceptors (Lipinski definition) is 5. The molecule has 0 aliphatic heterocycles. The normalized spacial score (nSPS) is 11.8. The van der Waals surface area contributed by atoms with Crippen LogP contribution in [-0.4, -0.2) is 23.7 Å². The number of benzene rings is 1. The second kappa shape index (κ2) is 7.72. The fourth-order valence-electron chi connectivity index (χ4n) is 2.09. The fourth-order valence-corrected chi connectivity index (χ4v) is 2.82. The van der Waals surface area contributed by atoms with Crippen molar-refractivity contribution in [2.24, 2.45) is 0 Å². The smallest absolute Gasteiger partial charge is 0.339 e. The topological polar surface area (TPSA) is 88.8 Å². The van der Waals surface area contributed by atoms with Crippen LogP contribution in [0.1, 0.15) is 34.8 Å². The van der Waals surface area contributed by atoms with Crippen LogP contribution in [0.5, 0.6) is 0 Å². The fraction of sp³-hybridized carbons (Fsp3) is 0.250. The van der Waals surface area contributed by atoms with Crippen LogP contribution in [0.2, 0.25) is 5.02 Å². The van der Waals surface area contributed by atoms with Crippen LogP contribution >= 0.6 is 27.5 Å². The van der Waals surface area contributed by atoms with Crippen molar-refractivity contribution < 1.29 is 23.8 Å². The number of carbonyl (C=O) groups is 2. The van der Waals surface area contributed by atoms with Crippen molar-refractivity contribution in [3.63, 3.8) is 0 Å². The Morgan fingerprint density at radius 2 is 2.12 bits per heavy atom. The van der Waals surface area contributed by atoms with E-state index in [1.54, 1.807) is 25.1 Å². The molecule has 0 fully saturated rings. The van der Waals surface area contributed by atoms with Gasteiger partial charge in [-0.15, -0.1) is 0 Å². The maximum absolute atomic E-state index is 12.3. The summed E-state index contributed by atoms with van der Waals surface area (Å²) in [6.07, 6.45) is 0. The number of halogens is 2. The van der Waals surface area contributed by atoms with Gasteiger partial charge in [0.05, 0.1) is 17.3 Å².